The van der Waals surface area contributed by atoms with E-state index in [0.29, 0.717) is 24.9 Å². The number of unbranched alkanes of at least 4 members (excludes halogenated alkanes) is 2. The Morgan fingerprint density at radius 1 is 1.05 bits per heavy atom. The average Bonchev–Trinajstić information content (AvgIpc) is 3.88. The lowest BCUT2D eigenvalue weighted by Crippen LogP contribution is -2.64. The fourth-order valence-corrected chi connectivity index (χ4v) is 11.1. The number of fused-ring (bicyclic) bond motifs is 2. The first kappa shape index (κ1) is 39.8. The maximum Gasteiger partial charge on any atom is 0.269 e. The van der Waals surface area contributed by atoms with Crippen LogP contribution >= 0.6 is 11.8 Å². The first-order chi connectivity index (χ1) is 26.9. The summed E-state index contributed by atoms with van der Waals surface area (Å²) in [7, 11) is 0. The molecule has 55 heavy (non-hydrogen) atoms. The van der Waals surface area contributed by atoms with Crippen LogP contribution in [-0.2, 0) is 16.2 Å². The van der Waals surface area contributed by atoms with Crippen molar-refractivity contribution in [1.82, 2.24) is 4.90 Å². The summed E-state index contributed by atoms with van der Waals surface area (Å²) in [6.45, 7) is 8.66. The molecular formula is C43H57N3O8S. The third kappa shape index (κ3) is 9.25. The van der Waals surface area contributed by atoms with Gasteiger partial charge in [-0.1, -0.05) is 43.0 Å². The average molecular weight is 776 g/mol. The summed E-state index contributed by atoms with van der Waals surface area (Å²) in [6, 6.07) is 12.7. The molecule has 3 aliphatic carbocycles. The summed E-state index contributed by atoms with van der Waals surface area (Å²) in [5, 5.41) is 36.3. The van der Waals surface area contributed by atoms with E-state index in [4.69, 9.17) is 24.2 Å². The monoisotopic (exact) mass is 775 g/mol. The van der Waals surface area contributed by atoms with Crippen LogP contribution in [0, 0.1) is 27.9 Å². The van der Waals surface area contributed by atoms with Gasteiger partial charge in [-0.25, -0.2) is 0 Å². The van der Waals surface area contributed by atoms with Gasteiger partial charge in [0.15, 0.2) is 0 Å². The van der Waals surface area contributed by atoms with Crippen LogP contribution < -0.4 is 9.47 Å². The van der Waals surface area contributed by atoms with Crippen LogP contribution in [0.25, 0.3) is 0 Å². The number of aliphatic hydroxyl groups is 2. The molecule has 7 rings (SSSR count). The normalized spacial score (nSPS) is 27.9. The molecule has 12 heteroatoms. The Kier molecular flexibility index (Phi) is 13.5. The standard InChI is InChI=1S/C43H57N3O8S/c1-2-24-52-43-40(55-34-10-3-4-11-34)28-38(44-53-29-30-13-15-32(16-14-30)46(49)50)36-26-31(9-5-7-22-47)35(12-6-8-23-48)41(42(36)43)37-27-33(17-18-39(37)54-43)51-25-21-45-19-20-45/h2,13-18,26-27,31,34-35,40-42,47-48H,1,3-12,19-25,28-29H2/t31-,35+,40-,41+,42+,43+/m0/s1. The topological polar surface area (TPSA) is 136 Å². The fourth-order valence-electron chi connectivity index (χ4n) is 9.28. The van der Waals surface area contributed by atoms with Crippen molar-refractivity contribution in [3.8, 4) is 11.5 Å². The van der Waals surface area contributed by atoms with Crippen LogP contribution in [0.5, 0.6) is 11.5 Å². The van der Waals surface area contributed by atoms with Gasteiger partial charge in [0, 0.05) is 68.1 Å². The molecule has 0 radical (unpaired) electrons. The molecule has 2 aliphatic heterocycles. The number of nitro benzene ring substituents is 1. The van der Waals surface area contributed by atoms with Crippen molar-refractivity contribution in [2.24, 2.45) is 22.9 Å². The predicted octanol–water partition coefficient (Wildman–Crippen LogP) is 7.80. The number of hydrogen-bond donors (Lipinski definition) is 2. The minimum absolute atomic E-state index is 0.00830. The molecule has 11 nitrogen and oxygen atoms in total. The van der Waals surface area contributed by atoms with E-state index >= 15 is 0 Å². The van der Waals surface area contributed by atoms with E-state index in [1.54, 1.807) is 12.1 Å². The van der Waals surface area contributed by atoms with Crippen LogP contribution in [0.15, 0.2) is 71.9 Å². The lowest BCUT2D eigenvalue weighted by atomic mass is 9.56. The summed E-state index contributed by atoms with van der Waals surface area (Å²) in [5.74, 6) is 0.894. The molecule has 6 atom stereocenters. The molecule has 0 unspecified atom stereocenters. The van der Waals surface area contributed by atoms with E-state index in [9.17, 15) is 20.3 Å². The number of hydrogen-bond acceptors (Lipinski definition) is 11. The van der Waals surface area contributed by atoms with Crippen molar-refractivity contribution >= 4 is 23.2 Å². The highest BCUT2D eigenvalue weighted by molar-refractivity contribution is 8.00. The number of rotatable bonds is 21. The lowest BCUT2D eigenvalue weighted by Gasteiger charge is -2.58. The zero-order chi connectivity index (χ0) is 38.2. The molecule has 0 aromatic heterocycles. The SMILES string of the molecule is C=CCO[C@@]12Oc3ccc(OCCN4CC4)cc3[C@H]3[C@H](CCCCO)[C@@H](CCCCO)C=C(C(=NOCc4ccc([N+](=O)[O-])cc4)C[C@@H]1SC1CCCC1)[C@H]32. The summed E-state index contributed by atoms with van der Waals surface area (Å²) in [4.78, 5) is 19.4. The molecule has 0 amide bonds. The molecule has 2 aromatic rings. The fraction of sp³-hybridized carbons (Fsp3) is 0.605. The zero-order valence-corrected chi connectivity index (χ0v) is 32.7. The number of nitro groups is 1. The smallest absolute Gasteiger partial charge is 0.269 e. The van der Waals surface area contributed by atoms with Gasteiger partial charge in [-0.2, -0.15) is 0 Å². The Bertz CT molecular complexity index is 1680. The van der Waals surface area contributed by atoms with Gasteiger partial charge in [-0.05, 0) is 91.8 Å². The Morgan fingerprint density at radius 3 is 2.53 bits per heavy atom. The number of nitrogens with zero attached hydrogens (tertiary/aromatic N) is 3. The molecule has 2 aromatic carbocycles. The van der Waals surface area contributed by atoms with Gasteiger partial charge in [0.25, 0.3) is 5.69 Å². The highest BCUT2D eigenvalue weighted by Gasteiger charge is 2.64. The van der Waals surface area contributed by atoms with Gasteiger partial charge in [0.2, 0.25) is 5.79 Å². The molecule has 0 bridgehead atoms. The first-order valence-corrected chi connectivity index (χ1v) is 21.3. The number of thioether (sulfide) groups is 1. The van der Waals surface area contributed by atoms with Crippen LogP contribution in [0.1, 0.15) is 87.7 Å². The maximum absolute atomic E-state index is 11.3. The van der Waals surface area contributed by atoms with Gasteiger partial charge >= 0.3 is 0 Å². The summed E-state index contributed by atoms with van der Waals surface area (Å²) < 4.78 is 20.8. The minimum atomic E-state index is -0.991. The molecule has 3 fully saturated rings. The van der Waals surface area contributed by atoms with Gasteiger partial charge in [-0.3, -0.25) is 15.0 Å². The second kappa shape index (κ2) is 18.7. The van der Waals surface area contributed by atoms with Gasteiger partial charge in [0.1, 0.15) is 24.7 Å². The third-order valence-corrected chi connectivity index (χ3v) is 13.7. The highest BCUT2D eigenvalue weighted by Crippen LogP contribution is 2.63. The summed E-state index contributed by atoms with van der Waals surface area (Å²) in [5.41, 5.74) is 3.94. The molecule has 0 spiro atoms. The lowest BCUT2D eigenvalue weighted by molar-refractivity contribution is -0.384. The molecule has 2 saturated carbocycles. The van der Waals surface area contributed by atoms with Gasteiger partial charge < -0.3 is 29.3 Å². The number of oxime groups is 1. The summed E-state index contributed by atoms with van der Waals surface area (Å²) >= 11 is 1.98. The van der Waals surface area contributed by atoms with Crippen molar-refractivity contribution in [1.29, 1.82) is 0 Å². The molecule has 1 saturated heterocycles. The Hall–Kier alpha value is -3.42. The van der Waals surface area contributed by atoms with Gasteiger partial charge in [0.05, 0.1) is 28.4 Å². The number of non-ortho nitro benzene ring substituents is 1. The van der Waals surface area contributed by atoms with E-state index in [-0.39, 0.29) is 54.4 Å². The van der Waals surface area contributed by atoms with Crippen LogP contribution in [0.4, 0.5) is 5.69 Å². The molecule has 2 heterocycles. The Morgan fingerprint density at radius 2 is 1.82 bits per heavy atom. The Labute approximate surface area is 329 Å². The third-order valence-electron chi connectivity index (χ3n) is 12.0. The zero-order valence-electron chi connectivity index (χ0n) is 31.9. The van der Waals surface area contributed by atoms with E-state index in [0.717, 1.165) is 105 Å². The molecule has 5 aliphatic rings. The number of allylic oxidation sites excluding steroid dienone is 1. The Balaban J connectivity index is 1.33. The van der Waals surface area contributed by atoms with Crippen molar-refractivity contribution in [3.05, 3.63) is 88.0 Å². The van der Waals surface area contributed by atoms with Crippen LogP contribution in [0.3, 0.4) is 0 Å². The van der Waals surface area contributed by atoms with Crippen molar-refractivity contribution in [2.45, 2.75) is 99.4 Å². The summed E-state index contributed by atoms with van der Waals surface area (Å²) in [6.07, 6.45) is 14.7. The predicted molar refractivity (Wildman–Crippen MR) is 215 cm³/mol. The van der Waals surface area contributed by atoms with Gasteiger partial charge in [-0.15, -0.1) is 18.3 Å². The largest absolute Gasteiger partial charge is 0.492 e. The first-order valence-electron chi connectivity index (χ1n) is 20.4. The number of ether oxygens (including phenoxy) is 3. The van der Waals surface area contributed by atoms with E-state index < -0.39 is 10.7 Å². The maximum atomic E-state index is 11.3. The molecular weight excluding hydrogens is 719 g/mol. The highest BCUT2D eigenvalue weighted by atomic mass is 32.2. The molecule has 298 valence electrons. The van der Waals surface area contributed by atoms with Crippen molar-refractivity contribution in [2.75, 3.05) is 46.1 Å². The van der Waals surface area contributed by atoms with Crippen molar-refractivity contribution in [3.63, 3.8) is 0 Å². The number of benzene rings is 2. The minimum Gasteiger partial charge on any atom is -0.492 e. The molecule has 2 N–H and O–H groups in total. The second-order valence-corrected chi connectivity index (χ2v) is 17.2. The van der Waals surface area contributed by atoms with Crippen LogP contribution in [0.2, 0.25) is 0 Å². The van der Waals surface area contributed by atoms with Crippen molar-refractivity contribution < 1.29 is 34.2 Å². The van der Waals surface area contributed by atoms with E-state index in [2.05, 4.69) is 29.7 Å². The van der Waals surface area contributed by atoms with E-state index in [1.807, 2.05) is 23.9 Å². The van der Waals surface area contributed by atoms with Crippen LogP contribution in [-0.4, -0.2) is 88.1 Å². The second-order valence-electron chi connectivity index (χ2n) is 15.7. The van der Waals surface area contributed by atoms with E-state index in [1.165, 1.54) is 25.0 Å². The quantitative estimate of drug-likeness (QED) is 0.0425. The number of aliphatic hydroxyl groups excluding tert-OH is 2.